The molecule has 0 bridgehead atoms. The van der Waals surface area contributed by atoms with E-state index < -0.39 is 24.3 Å². The van der Waals surface area contributed by atoms with Gasteiger partial charge in [-0.3, -0.25) is 9.69 Å². The van der Waals surface area contributed by atoms with E-state index in [-0.39, 0.29) is 25.2 Å². The summed E-state index contributed by atoms with van der Waals surface area (Å²) >= 11 is 0. The van der Waals surface area contributed by atoms with Gasteiger partial charge in [0.25, 0.3) is 0 Å². The van der Waals surface area contributed by atoms with E-state index in [0.717, 1.165) is 36.4 Å². The van der Waals surface area contributed by atoms with Gasteiger partial charge in [0.1, 0.15) is 12.2 Å². The molecule has 3 heterocycles. The van der Waals surface area contributed by atoms with Crippen LogP contribution in [0.15, 0.2) is 23.8 Å². The van der Waals surface area contributed by atoms with E-state index in [1.54, 1.807) is 6.92 Å². The van der Waals surface area contributed by atoms with Crippen LogP contribution >= 0.6 is 0 Å². The van der Waals surface area contributed by atoms with Crippen LogP contribution in [-0.2, 0) is 16.1 Å². The SMILES string of the molecule is C[C@@H](O)CC(=O)O[C@@H]1[C@H]2c3cc4c(cc3CN3CCC(=C[C@@H]1O)[C@H]23)OCO4. The Hall–Kier alpha value is -2.09. The van der Waals surface area contributed by atoms with E-state index in [1.807, 2.05) is 18.2 Å². The third-order valence-electron chi connectivity index (χ3n) is 5.97. The van der Waals surface area contributed by atoms with Crippen LogP contribution in [0.1, 0.15) is 36.8 Å². The number of aliphatic hydroxyl groups excluding tert-OH is 2. The monoisotopic (exact) mass is 373 g/mol. The van der Waals surface area contributed by atoms with Gasteiger partial charge in [0.2, 0.25) is 6.79 Å². The molecule has 1 aromatic rings. The van der Waals surface area contributed by atoms with E-state index >= 15 is 0 Å². The third kappa shape index (κ3) is 2.72. The van der Waals surface area contributed by atoms with E-state index in [0.29, 0.717) is 5.75 Å². The van der Waals surface area contributed by atoms with Gasteiger partial charge < -0.3 is 24.4 Å². The lowest BCUT2D eigenvalue weighted by molar-refractivity contribution is -0.159. The maximum atomic E-state index is 12.2. The van der Waals surface area contributed by atoms with Crippen LogP contribution < -0.4 is 9.47 Å². The van der Waals surface area contributed by atoms with Gasteiger partial charge in [0, 0.05) is 25.0 Å². The summed E-state index contributed by atoms with van der Waals surface area (Å²) in [4.78, 5) is 14.6. The lowest BCUT2D eigenvalue weighted by atomic mass is 9.73. The van der Waals surface area contributed by atoms with Crippen LogP contribution in [0.2, 0.25) is 0 Å². The molecule has 0 radical (unpaired) electrons. The standard InChI is InChI=1S/C20H23NO6/c1-10(22)4-17(24)27-20-14(23)5-11-2-3-21-8-12-6-15-16(26-9-25-15)7-13(12)18(20)19(11)21/h5-7,10,14,18-20,22-23H,2-4,8-9H2,1H3/t10-,14+,18+,19-,20+/m1/s1. The van der Waals surface area contributed by atoms with Gasteiger partial charge >= 0.3 is 5.97 Å². The predicted molar refractivity (Wildman–Crippen MR) is 94.4 cm³/mol. The van der Waals surface area contributed by atoms with E-state index in [4.69, 9.17) is 14.2 Å². The molecule has 0 unspecified atom stereocenters. The van der Waals surface area contributed by atoms with Crippen LogP contribution in [0, 0.1) is 0 Å². The normalized spacial score (nSPS) is 31.7. The molecule has 1 aromatic carbocycles. The Balaban J connectivity index is 1.56. The molecule has 1 aliphatic carbocycles. The molecule has 1 saturated heterocycles. The molecule has 27 heavy (non-hydrogen) atoms. The molecule has 7 nitrogen and oxygen atoms in total. The van der Waals surface area contributed by atoms with Crippen molar-refractivity contribution < 1.29 is 29.2 Å². The summed E-state index contributed by atoms with van der Waals surface area (Å²) in [5.74, 6) is 0.767. The summed E-state index contributed by atoms with van der Waals surface area (Å²) in [6.45, 7) is 3.47. The van der Waals surface area contributed by atoms with Gasteiger partial charge in [-0.1, -0.05) is 11.6 Å². The molecule has 5 rings (SSSR count). The highest BCUT2D eigenvalue weighted by molar-refractivity contribution is 5.70. The van der Waals surface area contributed by atoms with Crippen LogP contribution in [0.5, 0.6) is 11.5 Å². The van der Waals surface area contributed by atoms with Gasteiger partial charge in [0.05, 0.1) is 12.5 Å². The molecule has 4 aliphatic rings. The predicted octanol–water partition coefficient (Wildman–Crippen LogP) is 1.07. The Morgan fingerprint density at radius 1 is 1.37 bits per heavy atom. The van der Waals surface area contributed by atoms with Gasteiger partial charge in [-0.15, -0.1) is 0 Å². The number of carbonyl (C=O) groups is 1. The number of esters is 1. The second kappa shape index (κ2) is 6.22. The lowest BCUT2D eigenvalue weighted by Crippen LogP contribution is -2.51. The molecular formula is C20H23NO6. The number of carbonyl (C=O) groups excluding carboxylic acids is 1. The Morgan fingerprint density at radius 2 is 2.15 bits per heavy atom. The number of ether oxygens (including phenoxy) is 3. The topological polar surface area (TPSA) is 88.5 Å². The fourth-order valence-electron chi connectivity index (χ4n) is 4.91. The van der Waals surface area contributed by atoms with Crippen molar-refractivity contribution >= 4 is 5.97 Å². The van der Waals surface area contributed by atoms with Crippen molar-refractivity contribution in [3.05, 3.63) is 34.9 Å². The average Bonchev–Trinajstić information content (AvgIpc) is 3.22. The van der Waals surface area contributed by atoms with Gasteiger partial charge in [-0.05, 0) is 36.6 Å². The van der Waals surface area contributed by atoms with Crippen molar-refractivity contribution in [2.75, 3.05) is 13.3 Å². The second-order valence-electron chi connectivity index (χ2n) is 7.84. The van der Waals surface area contributed by atoms with Crippen LogP contribution in [0.3, 0.4) is 0 Å². The third-order valence-corrected chi connectivity index (χ3v) is 5.97. The van der Waals surface area contributed by atoms with Crippen molar-refractivity contribution in [1.29, 1.82) is 0 Å². The van der Waals surface area contributed by atoms with Gasteiger partial charge in [-0.25, -0.2) is 0 Å². The molecule has 5 atom stereocenters. The minimum atomic E-state index is -0.865. The van der Waals surface area contributed by atoms with E-state index in [2.05, 4.69) is 4.90 Å². The maximum Gasteiger partial charge on any atom is 0.308 e. The summed E-state index contributed by atoms with van der Waals surface area (Å²) in [6, 6.07) is 4.10. The average molecular weight is 373 g/mol. The fraction of sp³-hybridized carbons (Fsp3) is 0.550. The summed E-state index contributed by atoms with van der Waals surface area (Å²) < 4.78 is 16.8. The first-order chi connectivity index (χ1) is 13.0. The van der Waals surface area contributed by atoms with Crippen molar-refractivity contribution in [3.63, 3.8) is 0 Å². The smallest absolute Gasteiger partial charge is 0.308 e. The number of aliphatic hydroxyl groups is 2. The Bertz CT molecular complexity index is 819. The molecule has 0 aromatic heterocycles. The molecule has 144 valence electrons. The van der Waals surface area contributed by atoms with Crippen molar-refractivity contribution in [2.45, 2.75) is 56.6 Å². The molecule has 1 fully saturated rings. The highest BCUT2D eigenvalue weighted by Gasteiger charge is 2.50. The highest BCUT2D eigenvalue weighted by Crippen LogP contribution is 2.50. The summed E-state index contributed by atoms with van der Waals surface area (Å²) in [7, 11) is 0. The van der Waals surface area contributed by atoms with Crippen LogP contribution in [0.4, 0.5) is 0 Å². The molecule has 0 amide bonds. The van der Waals surface area contributed by atoms with Crippen molar-refractivity contribution in [1.82, 2.24) is 4.90 Å². The molecule has 3 aliphatic heterocycles. The quantitative estimate of drug-likeness (QED) is 0.605. The van der Waals surface area contributed by atoms with Crippen LogP contribution in [0.25, 0.3) is 0 Å². The molecule has 2 N–H and O–H groups in total. The first-order valence-corrected chi connectivity index (χ1v) is 9.44. The number of benzene rings is 1. The minimum absolute atomic E-state index is 0.0884. The number of rotatable bonds is 3. The zero-order valence-corrected chi connectivity index (χ0v) is 15.1. The van der Waals surface area contributed by atoms with Gasteiger partial charge in [0.15, 0.2) is 11.5 Å². The fourth-order valence-corrected chi connectivity index (χ4v) is 4.91. The summed E-state index contributed by atoms with van der Waals surface area (Å²) in [5, 5.41) is 20.2. The zero-order valence-electron chi connectivity index (χ0n) is 15.1. The lowest BCUT2D eigenvalue weighted by Gasteiger charge is -2.45. The number of nitrogens with zero attached hydrogens (tertiary/aromatic N) is 1. The van der Waals surface area contributed by atoms with E-state index in [9.17, 15) is 15.0 Å². The van der Waals surface area contributed by atoms with Gasteiger partial charge in [-0.2, -0.15) is 0 Å². The summed E-state index contributed by atoms with van der Waals surface area (Å²) in [6.07, 6.45) is 0.335. The summed E-state index contributed by atoms with van der Waals surface area (Å²) in [5.41, 5.74) is 3.37. The molecule has 0 spiro atoms. The first-order valence-electron chi connectivity index (χ1n) is 9.44. The number of fused-ring (bicyclic) bond motifs is 3. The molecule has 7 heteroatoms. The Morgan fingerprint density at radius 3 is 2.93 bits per heavy atom. The van der Waals surface area contributed by atoms with E-state index in [1.165, 1.54) is 5.57 Å². The zero-order chi connectivity index (χ0) is 18.7. The number of hydrogen-bond acceptors (Lipinski definition) is 7. The second-order valence-corrected chi connectivity index (χ2v) is 7.84. The first kappa shape index (κ1) is 17.0. The Labute approximate surface area is 157 Å². The number of hydrogen-bond donors (Lipinski definition) is 2. The van der Waals surface area contributed by atoms with Crippen molar-refractivity contribution in [3.8, 4) is 11.5 Å². The van der Waals surface area contributed by atoms with Crippen LogP contribution in [-0.4, -0.2) is 58.8 Å². The molecular weight excluding hydrogens is 350 g/mol. The maximum absolute atomic E-state index is 12.2. The molecule has 0 saturated carbocycles. The largest absolute Gasteiger partial charge is 0.458 e. The highest BCUT2D eigenvalue weighted by atomic mass is 16.7. The van der Waals surface area contributed by atoms with Crippen molar-refractivity contribution in [2.24, 2.45) is 0 Å². The Kier molecular flexibility index (Phi) is 3.93. The minimum Gasteiger partial charge on any atom is -0.458 e.